The molecule has 0 unspecified atom stereocenters. The summed E-state index contributed by atoms with van der Waals surface area (Å²) in [4.78, 5) is 13.7. The van der Waals surface area contributed by atoms with Gasteiger partial charge in [0.15, 0.2) is 11.6 Å². The number of likely N-dealkylation sites (tertiary alicyclic amines) is 1. The molecule has 0 aliphatic carbocycles. The summed E-state index contributed by atoms with van der Waals surface area (Å²) in [7, 11) is 0. The zero-order chi connectivity index (χ0) is 21.5. The molecule has 6 rings (SSSR count). The standard InChI is InChI=1S/C23H29FN6O2/c24-19-9-15(16-11-30(12-16)17-1-3-25-4-2-17)10-20-21(19)32-13-18-22(28-20)26-14-27-23(18)29-5-7-31-8-6-29/h9-10,14,16-17,25H,1-8,11-13H2,(H,26,27,28). The third kappa shape index (κ3) is 3.68. The zero-order valence-corrected chi connectivity index (χ0v) is 18.1. The molecule has 4 aliphatic rings. The van der Waals surface area contributed by atoms with E-state index in [2.05, 4.69) is 30.4 Å². The third-order valence-corrected chi connectivity index (χ3v) is 7.12. The zero-order valence-electron chi connectivity index (χ0n) is 18.1. The number of hydrogen-bond acceptors (Lipinski definition) is 8. The number of halogens is 1. The Hall–Kier alpha value is -2.49. The van der Waals surface area contributed by atoms with Gasteiger partial charge < -0.3 is 25.0 Å². The molecule has 1 aromatic heterocycles. The summed E-state index contributed by atoms with van der Waals surface area (Å²) in [5.74, 6) is 1.80. The van der Waals surface area contributed by atoms with Crippen molar-refractivity contribution in [3.05, 3.63) is 35.4 Å². The molecule has 0 amide bonds. The van der Waals surface area contributed by atoms with Crippen LogP contribution in [0.1, 0.15) is 29.9 Å². The van der Waals surface area contributed by atoms with Gasteiger partial charge in [0.05, 0.1) is 24.5 Å². The molecule has 170 valence electrons. The second-order valence-electron chi connectivity index (χ2n) is 9.05. The van der Waals surface area contributed by atoms with Gasteiger partial charge in [-0.1, -0.05) is 0 Å². The highest BCUT2D eigenvalue weighted by Crippen LogP contribution is 2.41. The molecule has 0 bridgehead atoms. The first-order valence-electron chi connectivity index (χ1n) is 11.6. The van der Waals surface area contributed by atoms with Gasteiger partial charge in [0, 0.05) is 38.1 Å². The molecule has 2 aromatic rings. The highest BCUT2D eigenvalue weighted by molar-refractivity contribution is 5.72. The monoisotopic (exact) mass is 440 g/mol. The van der Waals surface area contributed by atoms with Crippen LogP contribution in [0.5, 0.6) is 5.75 Å². The average Bonchev–Trinajstić information content (AvgIpc) is 2.99. The molecule has 8 nitrogen and oxygen atoms in total. The molecule has 2 N–H and O–H groups in total. The first-order valence-corrected chi connectivity index (χ1v) is 11.6. The highest BCUT2D eigenvalue weighted by Gasteiger charge is 2.35. The van der Waals surface area contributed by atoms with E-state index in [-0.39, 0.29) is 18.2 Å². The number of aromatic nitrogens is 2. The number of nitrogens with zero attached hydrogens (tertiary/aromatic N) is 4. The van der Waals surface area contributed by atoms with Gasteiger partial charge in [0.1, 0.15) is 24.6 Å². The average molecular weight is 441 g/mol. The molecule has 3 saturated heterocycles. The molecule has 1 aromatic carbocycles. The summed E-state index contributed by atoms with van der Waals surface area (Å²) in [6.45, 7) is 7.26. The molecular formula is C23H29FN6O2. The molecule has 0 radical (unpaired) electrons. The van der Waals surface area contributed by atoms with E-state index in [1.165, 1.54) is 12.8 Å². The number of piperidine rings is 1. The van der Waals surface area contributed by atoms with Gasteiger partial charge in [0.2, 0.25) is 0 Å². The normalized spacial score (nSPS) is 22.2. The Balaban J connectivity index is 1.23. The van der Waals surface area contributed by atoms with Crippen LogP contribution in [-0.2, 0) is 11.3 Å². The Morgan fingerprint density at radius 2 is 1.88 bits per heavy atom. The van der Waals surface area contributed by atoms with Crippen LogP contribution in [0, 0.1) is 5.82 Å². The highest BCUT2D eigenvalue weighted by atomic mass is 19.1. The lowest BCUT2D eigenvalue weighted by molar-refractivity contribution is 0.0728. The Bertz CT molecular complexity index is 987. The van der Waals surface area contributed by atoms with Gasteiger partial charge in [-0.2, -0.15) is 0 Å². The van der Waals surface area contributed by atoms with Crippen molar-refractivity contribution in [3.63, 3.8) is 0 Å². The largest absolute Gasteiger partial charge is 0.483 e. The summed E-state index contributed by atoms with van der Waals surface area (Å²) >= 11 is 0. The summed E-state index contributed by atoms with van der Waals surface area (Å²) < 4.78 is 26.5. The maximum atomic E-state index is 15.1. The van der Waals surface area contributed by atoms with Crippen LogP contribution in [0.15, 0.2) is 18.5 Å². The summed E-state index contributed by atoms with van der Waals surface area (Å²) in [6.07, 6.45) is 3.95. The van der Waals surface area contributed by atoms with Crippen LogP contribution < -0.4 is 20.3 Å². The van der Waals surface area contributed by atoms with E-state index in [1.54, 1.807) is 12.4 Å². The maximum absolute atomic E-state index is 15.1. The molecule has 0 atom stereocenters. The predicted octanol–water partition coefficient (Wildman–Crippen LogP) is 2.24. The van der Waals surface area contributed by atoms with Gasteiger partial charge >= 0.3 is 0 Å². The molecular weight excluding hydrogens is 411 g/mol. The smallest absolute Gasteiger partial charge is 0.178 e. The Morgan fingerprint density at radius 3 is 2.69 bits per heavy atom. The minimum Gasteiger partial charge on any atom is -0.483 e. The number of morpholine rings is 1. The lowest BCUT2D eigenvalue weighted by atomic mass is 9.87. The van der Waals surface area contributed by atoms with E-state index in [1.807, 2.05) is 6.07 Å². The van der Waals surface area contributed by atoms with Gasteiger partial charge in [-0.15, -0.1) is 0 Å². The fourth-order valence-corrected chi connectivity index (χ4v) is 5.25. The van der Waals surface area contributed by atoms with E-state index in [9.17, 15) is 0 Å². The molecule has 5 heterocycles. The summed E-state index contributed by atoms with van der Waals surface area (Å²) in [6, 6.07) is 4.34. The molecule has 0 saturated carbocycles. The maximum Gasteiger partial charge on any atom is 0.178 e. The van der Waals surface area contributed by atoms with Crippen molar-refractivity contribution < 1.29 is 13.9 Å². The fraction of sp³-hybridized carbons (Fsp3) is 0.565. The Kier molecular flexibility index (Phi) is 5.32. The topological polar surface area (TPSA) is 74.8 Å². The minimum absolute atomic E-state index is 0.228. The van der Waals surface area contributed by atoms with Crippen LogP contribution in [-0.4, -0.2) is 73.4 Å². The Morgan fingerprint density at radius 1 is 1.06 bits per heavy atom. The van der Waals surface area contributed by atoms with Crippen molar-refractivity contribution in [1.82, 2.24) is 20.2 Å². The van der Waals surface area contributed by atoms with E-state index in [0.717, 1.165) is 56.2 Å². The number of hydrogen-bond donors (Lipinski definition) is 2. The van der Waals surface area contributed by atoms with Crippen LogP contribution in [0.3, 0.4) is 0 Å². The number of fused-ring (bicyclic) bond motifs is 2. The summed E-state index contributed by atoms with van der Waals surface area (Å²) in [5, 5.41) is 6.77. The van der Waals surface area contributed by atoms with E-state index in [0.29, 0.717) is 36.7 Å². The molecule has 9 heteroatoms. The van der Waals surface area contributed by atoms with Crippen molar-refractivity contribution in [2.45, 2.75) is 31.4 Å². The van der Waals surface area contributed by atoms with Crippen LogP contribution in [0.25, 0.3) is 0 Å². The quantitative estimate of drug-likeness (QED) is 0.753. The van der Waals surface area contributed by atoms with Crippen LogP contribution in [0.4, 0.5) is 21.7 Å². The fourth-order valence-electron chi connectivity index (χ4n) is 5.25. The van der Waals surface area contributed by atoms with Crippen molar-refractivity contribution in [2.75, 3.05) is 62.7 Å². The van der Waals surface area contributed by atoms with Crippen LogP contribution >= 0.6 is 0 Å². The number of ether oxygens (including phenoxy) is 2. The van der Waals surface area contributed by atoms with Gasteiger partial charge in [-0.25, -0.2) is 14.4 Å². The lowest BCUT2D eigenvalue weighted by Gasteiger charge is -2.46. The number of nitrogens with one attached hydrogen (secondary N) is 2. The minimum atomic E-state index is -0.320. The van der Waals surface area contributed by atoms with E-state index >= 15 is 4.39 Å². The number of rotatable bonds is 3. The predicted molar refractivity (Wildman–Crippen MR) is 119 cm³/mol. The van der Waals surface area contributed by atoms with E-state index < -0.39 is 0 Å². The van der Waals surface area contributed by atoms with Crippen LogP contribution in [0.2, 0.25) is 0 Å². The first kappa shape index (κ1) is 20.1. The molecule has 32 heavy (non-hydrogen) atoms. The molecule has 3 fully saturated rings. The first-order chi connectivity index (χ1) is 15.8. The summed E-state index contributed by atoms with van der Waals surface area (Å²) in [5.41, 5.74) is 2.52. The van der Waals surface area contributed by atoms with E-state index in [4.69, 9.17) is 9.47 Å². The lowest BCUT2D eigenvalue weighted by Crippen LogP contribution is -2.53. The van der Waals surface area contributed by atoms with Crippen molar-refractivity contribution >= 4 is 17.3 Å². The van der Waals surface area contributed by atoms with Gasteiger partial charge in [-0.05, 0) is 43.6 Å². The number of anilines is 3. The van der Waals surface area contributed by atoms with Crippen molar-refractivity contribution in [3.8, 4) is 5.75 Å². The SMILES string of the molecule is Fc1cc(C2CN(C3CCNCC3)C2)cc2c1OCc1c(ncnc1N1CCOCC1)N2. The molecule has 0 spiro atoms. The third-order valence-electron chi connectivity index (χ3n) is 7.12. The second-order valence-corrected chi connectivity index (χ2v) is 9.05. The number of benzene rings is 1. The van der Waals surface area contributed by atoms with Gasteiger partial charge in [-0.3, -0.25) is 4.90 Å². The van der Waals surface area contributed by atoms with Crippen molar-refractivity contribution in [1.29, 1.82) is 0 Å². The second kappa shape index (κ2) is 8.46. The molecule has 4 aliphatic heterocycles. The van der Waals surface area contributed by atoms with Crippen molar-refractivity contribution in [2.24, 2.45) is 0 Å². The Labute approximate surface area is 187 Å². The van der Waals surface area contributed by atoms with Gasteiger partial charge in [0.25, 0.3) is 0 Å².